The Hall–Kier alpha value is -2.25. The minimum absolute atomic E-state index is 0.198. The van der Waals surface area contributed by atoms with Crippen LogP contribution < -0.4 is 5.73 Å². The largest absolute Gasteiger partial charge is 0.508 e. The topological polar surface area (TPSA) is 98.1 Å². The fraction of sp³-hybridized carbons (Fsp3) is 0.154. The average Bonchev–Trinajstić information content (AvgIpc) is 3.06. The first-order valence-corrected chi connectivity index (χ1v) is 6.79. The number of phenols is 1. The van der Waals surface area contributed by atoms with E-state index in [2.05, 4.69) is 15.1 Å². The average molecular weight is 288 g/mol. The van der Waals surface area contributed by atoms with Gasteiger partial charge in [0, 0.05) is 12.1 Å². The summed E-state index contributed by atoms with van der Waals surface area (Å²) in [5.41, 5.74) is 7.18. The molecule has 0 saturated carbocycles. The minimum Gasteiger partial charge on any atom is -0.508 e. The maximum Gasteiger partial charge on any atom is 0.270 e. The Bertz CT molecular complexity index is 733. The van der Waals surface area contributed by atoms with Crippen molar-refractivity contribution in [2.45, 2.75) is 13.5 Å². The summed E-state index contributed by atoms with van der Waals surface area (Å²) in [7, 11) is 0. The van der Waals surface area contributed by atoms with Crippen molar-refractivity contribution in [1.29, 1.82) is 0 Å². The van der Waals surface area contributed by atoms with Crippen LogP contribution >= 0.6 is 11.3 Å². The fourth-order valence-corrected chi connectivity index (χ4v) is 2.65. The van der Waals surface area contributed by atoms with Crippen LogP contribution in [-0.4, -0.2) is 20.2 Å². The Labute approximate surface area is 118 Å². The second-order valence-corrected chi connectivity index (χ2v) is 5.28. The zero-order valence-electron chi connectivity index (χ0n) is 10.7. The fourth-order valence-electron chi connectivity index (χ4n) is 1.78. The highest BCUT2D eigenvalue weighted by Gasteiger charge is 2.16. The molecular weight excluding hydrogens is 276 g/mol. The number of aromatic hydroxyl groups is 1. The van der Waals surface area contributed by atoms with Crippen LogP contribution in [0.1, 0.15) is 10.7 Å². The van der Waals surface area contributed by atoms with Gasteiger partial charge in [-0.25, -0.2) is 4.98 Å². The predicted molar refractivity (Wildman–Crippen MR) is 75.1 cm³/mol. The van der Waals surface area contributed by atoms with Gasteiger partial charge >= 0.3 is 0 Å². The van der Waals surface area contributed by atoms with Crippen LogP contribution in [-0.2, 0) is 6.54 Å². The second kappa shape index (κ2) is 5.03. The van der Waals surface area contributed by atoms with Gasteiger partial charge in [0.15, 0.2) is 0 Å². The van der Waals surface area contributed by atoms with Gasteiger partial charge in [-0.1, -0.05) is 5.16 Å². The monoisotopic (exact) mass is 288 g/mol. The number of benzene rings is 1. The molecule has 0 bridgehead atoms. The minimum atomic E-state index is 0.198. The summed E-state index contributed by atoms with van der Waals surface area (Å²) >= 11 is 1.45. The Kier molecular flexibility index (Phi) is 3.21. The van der Waals surface area contributed by atoms with Crippen LogP contribution in [0.15, 0.2) is 28.8 Å². The lowest BCUT2D eigenvalue weighted by Gasteiger charge is -1.93. The molecule has 2 heterocycles. The maximum absolute atomic E-state index is 9.27. The molecule has 6 nitrogen and oxygen atoms in total. The molecule has 0 fully saturated rings. The Balaban J connectivity index is 1.97. The molecule has 0 atom stereocenters. The Morgan fingerprint density at radius 1 is 1.25 bits per heavy atom. The van der Waals surface area contributed by atoms with Crippen molar-refractivity contribution in [1.82, 2.24) is 15.1 Å². The molecule has 0 spiro atoms. The summed E-state index contributed by atoms with van der Waals surface area (Å²) in [5, 5.41) is 14.1. The van der Waals surface area contributed by atoms with E-state index in [0.29, 0.717) is 18.3 Å². The van der Waals surface area contributed by atoms with E-state index in [-0.39, 0.29) is 5.75 Å². The van der Waals surface area contributed by atoms with Gasteiger partial charge in [-0.15, -0.1) is 11.3 Å². The van der Waals surface area contributed by atoms with Crippen LogP contribution in [0.3, 0.4) is 0 Å². The normalized spacial score (nSPS) is 10.9. The molecule has 0 amide bonds. The molecule has 3 N–H and O–H groups in total. The summed E-state index contributed by atoms with van der Waals surface area (Å²) < 4.78 is 5.28. The van der Waals surface area contributed by atoms with Gasteiger partial charge in [0.05, 0.1) is 5.69 Å². The summed E-state index contributed by atoms with van der Waals surface area (Å²) in [5.74, 6) is 1.10. The number of nitrogens with zero attached hydrogens (tertiary/aromatic N) is 3. The van der Waals surface area contributed by atoms with E-state index >= 15 is 0 Å². The highest BCUT2D eigenvalue weighted by atomic mass is 32.1. The summed E-state index contributed by atoms with van der Waals surface area (Å²) in [4.78, 5) is 9.53. The third-order valence-corrected chi connectivity index (χ3v) is 3.93. The molecule has 0 saturated heterocycles. The molecule has 3 rings (SSSR count). The van der Waals surface area contributed by atoms with Gasteiger partial charge in [-0.2, -0.15) is 4.98 Å². The lowest BCUT2D eigenvalue weighted by molar-refractivity contribution is 0.433. The number of nitrogens with two attached hydrogens (primary N) is 1. The summed E-state index contributed by atoms with van der Waals surface area (Å²) in [6, 6.07) is 6.62. The van der Waals surface area contributed by atoms with E-state index in [4.69, 9.17) is 10.3 Å². The van der Waals surface area contributed by atoms with E-state index in [1.54, 1.807) is 24.3 Å². The molecule has 3 aromatic rings. The number of aryl methyl sites for hydroxylation is 1. The standard InChI is InChI=1S/C13H12N4O2S/c1-7-11(20-10(6-14)15-7)13-16-12(17-19-13)8-2-4-9(18)5-3-8/h2-5,18H,6,14H2,1H3. The van der Waals surface area contributed by atoms with Gasteiger partial charge in [-0.05, 0) is 31.2 Å². The molecular formula is C13H12N4O2S. The molecule has 102 valence electrons. The van der Waals surface area contributed by atoms with Crippen molar-refractivity contribution in [2.24, 2.45) is 5.73 Å². The number of hydrogen-bond acceptors (Lipinski definition) is 7. The lowest BCUT2D eigenvalue weighted by Crippen LogP contribution is -1.94. The summed E-state index contributed by atoms with van der Waals surface area (Å²) in [6.07, 6.45) is 0. The van der Waals surface area contributed by atoms with Crippen LogP contribution in [0, 0.1) is 6.92 Å². The number of thiazole rings is 1. The lowest BCUT2D eigenvalue weighted by atomic mass is 10.2. The molecule has 2 aromatic heterocycles. The number of hydrogen-bond donors (Lipinski definition) is 2. The maximum atomic E-state index is 9.27. The van der Waals surface area contributed by atoms with Gasteiger partial charge < -0.3 is 15.4 Å². The first-order valence-electron chi connectivity index (χ1n) is 5.97. The molecule has 0 aliphatic rings. The third-order valence-electron chi connectivity index (χ3n) is 2.76. The Morgan fingerprint density at radius 2 is 2.00 bits per heavy atom. The van der Waals surface area contributed by atoms with E-state index in [1.165, 1.54) is 11.3 Å². The second-order valence-electron chi connectivity index (χ2n) is 4.20. The molecule has 1 aromatic carbocycles. The van der Waals surface area contributed by atoms with Crippen LogP contribution in [0.2, 0.25) is 0 Å². The van der Waals surface area contributed by atoms with Gasteiger partial charge in [-0.3, -0.25) is 0 Å². The smallest absolute Gasteiger partial charge is 0.270 e. The number of rotatable bonds is 3. The molecule has 0 aliphatic heterocycles. The molecule has 7 heteroatoms. The van der Waals surface area contributed by atoms with Crippen molar-refractivity contribution in [3.63, 3.8) is 0 Å². The number of phenolic OH excluding ortho intramolecular Hbond substituents is 1. The van der Waals surface area contributed by atoms with Crippen molar-refractivity contribution in [3.05, 3.63) is 35.0 Å². The van der Waals surface area contributed by atoms with Crippen LogP contribution in [0.5, 0.6) is 5.75 Å². The summed E-state index contributed by atoms with van der Waals surface area (Å²) in [6.45, 7) is 2.28. The Morgan fingerprint density at radius 3 is 2.65 bits per heavy atom. The first-order chi connectivity index (χ1) is 9.67. The molecule has 0 radical (unpaired) electrons. The predicted octanol–water partition coefficient (Wildman–Crippen LogP) is 2.33. The van der Waals surface area contributed by atoms with E-state index < -0.39 is 0 Å². The van der Waals surface area contributed by atoms with Gasteiger partial charge in [0.2, 0.25) is 5.82 Å². The van der Waals surface area contributed by atoms with Crippen molar-refractivity contribution < 1.29 is 9.63 Å². The molecule has 20 heavy (non-hydrogen) atoms. The van der Waals surface area contributed by atoms with E-state index in [9.17, 15) is 5.11 Å². The molecule has 0 unspecified atom stereocenters. The number of aromatic nitrogens is 3. The van der Waals surface area contributed by atoms with Crippen molar-refractivity contribution in [3.8, 4) is 27.9 Å². The zero-order chi connectivity index (χ0) is 14.1. The van der Waals surface area contributed by atoms with Crippen molar-refractivity contribution in [2.75, 3.05) is 0 Å². The highest BCUT2D eigenvalue weighted by molar-refractivity contribution is 7.15. The SMILES string of the molecule is Cc1nc(CN)sc1-c1nc(-c2ccc(O)cc2)no1. The van der Waals surface area contributed by atoms with Gasteiger partial charge in [0.1, 0.15) is 15.6 Å². The first kappa shape index (κ1) is 12.8. The van der Waals surface area contributed by atoms with Crippen LogP contribution in [0.4, 0.5) is 0 Å². The van der Waals surface area contributed by atoms with Crippen LogP contribution in [0.25, 0.3) is 22.2 Å². The van der Waals surface area contributed by atoms with Gasteiger partial charge in [0.25, 0.3) is 5.89 Å². The van der Waals surface area contributed by atoms with Crippen molar-refractivity contribution >= 4 is 11.3 Å². The van der Waals surface area contributed by atoms with E-state index in [1.807, 2.05) is 6.92 Å². The third kappa shape index (κ3) is 2.28. The zero-order valence-corrected chi connectivity index (χ0v) is 11.5. The quantitative estimate of drug-likeness (QED) is 0.767. The molecule has 0 aliphatic carbocycles. The van der Waals surface area contributed by atoms with E-state index in [0.717, 1.165) is 21.1 Å². The highest BCUT2D eigenvalue weighted by Crippen LogP contribution is 2.30.